The molecule has 1 fully saturated rings. The first-order chi connectivity index (χ1) is 13.0. The minimum Gasteiger partial charge on any atom is -0.394 e. The van der Waals surface area contributed by atoms with Crippen molar-refractivity contribution in [1.29, 1.82) is 0 Å². The number of imide groups is 1. The first kappa shape index (κ1) is 20.9. The van der Waals surface area contributed by atoms with Gasteiger partial charge < -0.3 is 15.7 Å². The van der Waals surface area contributed by atoms with E-state index in [1.807, 2.05) is 44.2 Å². The molecule has 4 amide bonds. The number of aliphatic hydroxyl groups is 1. The highest BCUT2D eigenvalue weighted by Crippen LogP contribution is 2.13. The number of hydrogen-bond donors (Lipinski definition) is 3. The number of nitrogens with one attached hydrogen (secondary N) is 2. The molecule has 2 rings (SSSR count). The highest BCUT2D eigenvalue weighted by molar-refractivity contribution is 6.04. The molecule has 0 unspecified atom stereocenters. The summed E-state index contributed by atoms with van der Waals surface area (Å²) in [4.78, 5) is 37.9. The third-order valence-electron chi connectivity index (χ3n) is 5.11. The van der Waals surface area contributed by atoms with E-state index in [9.17, 15) is 19.5 Å². The molecule has 27 heavy (non-hydrogen) atoms. The molecule has 0 aliphatic carbocycles. The second-order valence-electron chi connectivity index (χ2n) is 7.01. The van der Waals surface area contributed by atoms with E-state index in [1.54, 1.807) is 0 Å². The highest BCUT2D eigenvalue weighted by Gasteiger charge is 2.37. The Morgan fingerprint density at radius 3 is 2.63 bits per heavy atom. The highest BCUT2D eigenvalue weighted by atomic mass is 16.3. The number of amides is 4. The smallest absolute Gasteiger partial charge is 0.324 e. The molecular weight excluding hydrogens is 346 g/mol. The quantitative estimate of drug-likeness (QED) is 0.539. The molecule has 1 aromatic rings. The van der Waals surface area contributed by atoms with Crippen LogP contribution in [-0.4, -0.2) is 53.1 Å². The van der Waals surface area contributed by atoms with E-state index < -0.39 is 12.1 Å². The van der Waals surface area contributed by atoms with Gasteiger partial charge in [-0.2, -0.15) is 0 Å². The van der Waals surface area contributed by atoms with Crippen molar-refractivity contribution in [3.8, 4) is 0 Å². The van der Waals surface area contributed by atoms with Crippen LogP contribution in [-0.2, 0) is 16.0 Å². The average Bonchev–Trinajstić information content (AvgIpc) is 2.96. The van der Waals surface area contributed by atoms with Crippen molar-refractivity contribution in [2.75, 3.05) is 13.2 Å². The van der Waals surface area contributed by atoms with Crippen molar-refractivity contribution >= 4 is 17.8 Å². The van der Waals surface area contributed by atoms with Crippen molar-refractivity contribution < 1.29 is 19.5 Å². The maximum absolute atomic E-state index is 12.5. The van der Waals surface area contributed by atoms with Crippen LogP contribution >= 0.6 is 0 Å². The Bertz CT molecular complexity index is 650. The molecule has 1 saturated heterocycles. The second-order valence-corrected chi connectivity index (χ2v) is 7.01. The predicted octanol–water partition coefficient (Wildman–Crippen LogP) is 1.45. The molecule has 1 aliphatic heterocycles. The number of carbonyl (C=O) groups excluding carboxylic acids is 3. The summed E-state index contributed by atoms with van der Waals surface area (Å²) in [6, 6.07) is 8.29. The van der Waals surface area contributed by atoms with Crippen LogP contribution in [0, 0.1) is 5.92 Å². The number of nitrogens with zero attached hydrogens (tertiary/aromatic N) is 1. The van der Waals surface area contributed by atoms with E-state index >= 15 is 0 Å². The van der Waals surface area contributed by atoms with Gasteiger partial charge in [-0.25, -0.2) is 4.79 Å². The first-order valence-corrected chi connectivity index (χ1v) is 9.52. The van der Waals surface area contributed by atoms with Crippen LogP contribution in [0.2, 0.25) is 0 Å². The van der Waals surface area contributed by atoms with Crippen LogP contribution in [0.1, 0.15) is 38.7 Å². The topological polar surface area (TPSA) is 98.7 Å². The fourth-order valence-corrected chi connectivity index (χ4v) is 3.08. The van der Waals surface area contributed by atoms with Gasteiger partial charge in [-0.1, -0.05) is 50.6 Å². The summed E-state index contributed by atoms with van der Waals surface area (Å²) < 4.78 is 0. The van der Waals surface area contributed by atoms with Gasteiger partial charge in [-0.3, -0.25) is 14.5 Å². The van der Waals surface area contributed by atoms with Crippen LogP contribution < -0.4 is 10.6 Å². The fourth-order valence-electron chi connectivity index (χ4n) is 3.08. The molecule has 148 valence electrons. The lowest BCUT2D eigenvalue weighted by molar-refractivity contribution is -0.127. The van der Waals surface area contributed by atoms with E-state index in [0.29, 0.717) is 13.0 Å². The number of urea groups is 1. The minimum atomic E-state index is -0.671. The normalized spacial score (nSPS) is 18.9. The third kappa shape index (κ3) is 5.79. The molecule has 7 nitrogen and oxygen atoms in total. The van der Waals surface area contributed by atoms with Crippen LogP contribution in [0.25, 0.3) is 0 Å². The van der Waals surface area contributed by atoms with Crippen molar-refractivity contribution in [2.24, 2.45) is 5.92 Å². The van der Waals surface area contributed by atoms with Gasteiger partial charge in [0.25, 0.3) is 5.91 Å². The van der Waals surface area contributed by atoms with Gasteiger partial charge in [0.1, 0.15) is 6.04 Å². The van der Waals surface area contributed by atoms with Crippen LogP contribution in [0.4, 0.5) is 4.79 Å². The van der Waals surface area contributed by atoms with E-state index in [1.165, 1.54) is 4.90 Å². The summed E-state index contributed by atoms with van der Waals surface area (Å²) >= 11 is 0. The zero-order valence-electron chi connectivity index (χ0n) is 16.0. The second kappa shape index (κ2) is 10.1. The molecule has 1 aromatic carbocycles. The Balaban J connectivity index is 1.81. The van der Waals surface area contributed by atoms with E-state index in [-0.39, 0.29) is 43.2 Å². The maximum Gasteiger partial charge on any atom is 0.324 e. The number of rotatable bonds is 10. The third-order valence-corrected chi connectivity index (χ3v) is 5.11. The maximum atomic E-state index is 12.5. The predicted molar refractivity (Wildman–Crippen MR) is 102 cm³/mol. The summed E-state index contributed by atoms with van der Waals surface area (Å²) in [5.74, 6) is -0.344. The van der Waals surface area contributed by atoms with Crippen molar-refractivity contribution in [1.82, 2.24) is 15.5 Å². The molecule has 1 heterocycles. The molecule has 0 radical (unpaired) electrons. The largest absolute Gasteiger partial charge is 0.394 e. The first-order valence-electron chi connectivity index (χ1n) is 9.52. The summed E-state index contributed by atoms with van der Waals surface area (Å²) in [6.07, 6.45) is 1.81. The van der Waals surface area contributed by atoms with Crippen LogP contribution in [0.3, 0.4) is 0 Å². The molecule has 7 heteroatoms. The summed E-state index contributed by atoms with van der Waals surface area (Å²) in [5, 5.41) is 14.8. The Hall–Kier alpha value is -2.41. The van der Waals surface area contributed by atoms with Crippen molar-refractivity contribution in [2.45, 2.75) is 51.6 Å². The number of hydrogen-bond acceptors (Lipinski definition) is 4. The zero-order valence-corrected chi connectivity index (χ0v) is 16.0. The molecule has 0 aromatic heterocycles. The molecule has 3 N–H and O–H groups in total. The van der Waals surface area contributed by atoms with Crippen molar-refractivity contribution in [3.63, 3.8) is 0 Å². The molecule has 1 aliphatic rings. The molecule has 0 saturated carbocycles. The van der Waals surface area contributed by atoms with Gasteiger partial charge >= 0.3 is 6.03 Å². The van der Waals surface area contributed by atoms with Gasteiger partial charge in [0.2, 0.25) is 5.91 Å². The Morgan fingerprint density at radius 2 is 2.00 bits per heavy atom. The van der Waals surface area contributed by atoms with Gasteiger partial charge in [-0.15, -0.1) is 0 Å². The lowest BCUT2D eigenvalue weighted by Crippen LogP contribution is -2.42. The lowest BCUT2D eigenvalue weighted by Gasteiger charge is -2.22. The monoisotopic (exact) mass is 375 g/mol. The minimum absolute atomic E-state index is 0.118. The zero-order chi connectivity index (χ0) is 19.8. The number of aliphatic hydroxyl groups excluding tert-OH is 1. The Kier molecular flexibility index (Phi) is 7.79. The molecule has 0 bridgehead atoms. The standard InChI is InChI=1S/C20H29N3O4/c1-3-14(2)17(13-24)21-18(25)10-9-16-19(26)23(20(27)22-16)12-11-15-7-5-4-6-8-15/h4-8,14,16-17,24H,3,9-13H2,1-2H3,(H,21,25)(H,22,27)/t14-,16-,17-/m0/s1. The van der Waals surface area contributed by atoms with Crippen molar-refractivity contribution in [3.05, 3.63) is 35.9 Å². The van der Waals surface area contributed by atoms with E-state index in [2.05, 4.69) is 10.6 Å². The van der Waals surface area contributed by atoms with Gasteiger partial charge in [0.05, 0.1) is 12.6 Å². The number of benzene rings is 1. The SMILES string of the molecule is CC[C@H](C)[C@H](CO)NC(=O)CC[C@@H]1NC(=O)N(CCc2ccccc2)C1=O. The van der Waals surface area contributed by atoms with Crippen LogP contribution in [0.5, 0.6) is 0 Å². The van der Waals surface area contributed by atoms with E-state index in [0.717, 1.165) is 12.0 Å². The summed E-state index contributed by atoms with van der Waals surface area (Å²) in [5.41, 5.74) is 1.06. The fraction of sp³-hybridized carbons (Fsp3) is 0.550. The Morgan fingerprint density at radius 1 is 1.30 bits per heavy atom. The Labute approximate surface area is 160 Å². The van der Waals surface area contributed by atoms with Gasteiger partial charge in [-0.05, 0) is 24.3 Å². The molecular formula is C20H29N3O4. The lowest BCUT2D eigenvalue weighted by atomic mass is 9.99. The van der Waals surface area contributed by atoms with Gasteiger partial charge in [0.15, 0.2) is 0 Å². The molecule has 3 atom stereocenters. The number of carbonyl (C=O) groups is 3. The molecule has 0 spiro atoms. The summed E-state index contributed by atoms with van der Waals surface area (Å²) in [6.45, 7) is 4.16. The van der Waals surface area contributed by atoms with Crippen LogP contribution in [0.15, 0.2) is 30.3 Å². The average molecular weight is 375 g/mol. The van der Waals surface area contributed by atoms with E-state index in [4.69, 9.17) is 0 Å². The van der Waals surface area contributed by atoms with Gasteiger partial charge in [0, 0.05) is 13.0 Å². The summed E-state index contributed by atoms with van der Waals surface area (Å²) in [7, 11) is 0.